The Morgan fingerprint density at radius 2 is 2.00 bits per heavy atom. The van der Waals surface area contributed by atoms with Crippen LogP contribution in [-0.4, -0.2) is 63.6 Å². The minimum absolute atomic E-state index is 0.0819. The molecule has 174 valence electrons. The number of aliphatic imine (C=N–C) groups is 1. The van der Waals surface area contributed by atoms with Crippen LogP contribution in [0.5, 0.6) is 5.88 Å². The fourth-order valence-corrected chi connectivity index (χ4v) is 3.94. The van der Waals surface area contributed by atoms with Crippen molar-refractivity contribution in [2.45, 2.75) is 65.5 Å². The molecule has 3 rings (SSSR count). The Bertz CT molecular complexity index is 1030. The fourth-order valence-electron chi connectivity index (χ4n) is 3.94. The standard InChI is InChI=1S/C23H34N6O3/c1-15-14-25-19-12-17(13-20(31-6)29(15)19)21(27-24)16(2)26-18-8-7-10-28(11-9-18)22(30)32-23(3,4)5/h12-14,18H,7-11,24H2,1-6H3/b26-16?,27-21+. The minimum atomic E-state index is -0.500. The third-order valence-corrected chi connectivity index (χ3v) is 5.43. The molecule has 1 atom stereocenters. The van der Waals surface area contributed by atoms with Gasteiger partial charge < -0.3 is 20.2 Å². The molecular weight excluding hydrogens is 408 g/mol. The Morgan fingerprint density at radius 3 is 2.66 bits per heavy atom. The van der Waals surface area contributed by atoms with E-state index in [9.17, 15) is 4.79 Å². The molecule has 1 unspecified atom stereocenters. The molecule has 0 bridgehead atoms. The van der Waals surface area contributed by atoms with Crippen LogP contribution in [0.3, 0.4) is 0 Å². The number of aryl methyl sites for hydroxylation is 1. The molecule has 32 heavy (non-hydrogen) atoms. The van der Waals surface area contributed by atoms with Crippen LogP contribution >= 0.6 is 0 Å². The lowest BCUT2D eigenvalue weighted by molar-refractivity contribution is 0.0256. The van der Waals surface area contributed by atoms with Crippen LogP contribution in [-0.2, 0) is 4.74 Å². The molecule has 2 N–H and O–H groups in total. The molecule has 1 amide bonds. The normalized spacial score (nSPS) is 18.6. The monoisotopic (exact) mass is 442 g/mol. The zero-order valence-electron chi connectivity index (χ0n) is 19.9. The number of hydrazone groups is 1. The van der Waals surface area contributed by atoms with Gasteiger partial charge >= 0.3 is 6.09 Å². The predicted molar refractivity (Wildman–Crippen MR) is 126 cm³/mol. The maximum absolute atomic E-state index is 12.4. The van der Waals surface area contributed by atoms with Crippen molar-refractivity contribution in [3.63, 3.8) is 0 Å². The van der Waals surface area contributed by atoms with Crippen LogP contribution in [0, 0.1) is 6.92 Å². The number of nitrogens with two attached hydrogens (primary N) is 1. The van der Waals surface area contributed by atoms with Gasteiger partial charge in [-0.05, 0) is 59.9 Å². The molecule has 0 aliphatic carbocycles. The molecule has 9 heteroatoms. The first-order valence-corrected chi connectivity index (χ1v) is 11.0. The molecule has 0 saturated carbocycles. The molecule has 1 saturated heterocycles. The van der Waals surface area contributed by atoms with Gasteiger partial charge in [-0.15, -0.1) is 0 Å². The molecule has 0 spiro atoms. The van der Waals surface area contributed by atoms with Gasteiger partial charge in [0.05, 0.1) is 18.9 Å². The van der Waals surface area contributed by atoms with Crippen LogP contribution in [0.15, 0.2) is 28.4 Å². The number of aromatic nitrogens is 2. The first-order chi connectivity index (χ1) is 15.1. The lowest BCUT2D eigenvalue weighted by Crippen LogP contribution is -2.37. The van der Waals surface area contributed by atoms with Gasteiger partial charge in [0.15, 0.2) is 5.88 Å². The van der Waals surface area contributed by atoms with Gasteiger partial charge in [-0.2, -0.15) is 5.10 Å². The maximum atomic E-state index is 12.4. The van der Waals surface area contributed by atoms with Crippen molar-refractivity contribution < 1.29 is 14.3 Å². The van der Waals surface area contributed by atoms with Gasteiger partial charge in [-0.25, -0.2) is 9.78 Å². The highest BCUT2D eigenvalue weighted by Gasteiger charge is 2.25. The number of fused-ring (bicyclic) bond motifs is 1. The number of methoxy groups -OCH3 is 1. The van der Waals surface area contributed by atoms with Crippen LogP contribution in [0.1, 0.15) is 58.2 Å². The van der Waals surface area contributed by atoms with Gasteiger partial charge in [0.2, 0.25) is 0 Å². The van der Waals surface area contributed by atoms with Crippen molar-refractivity contribution >= 4 is 23.2 Å². The first-order valence-electron chi connectivity index (χ1n) is 11.0. The van der Waals surface area contributed by atoms with Gasteiger partial charge in [0, 0.05) is 36.6 Å². The highest BCUT2D eigenvalue weighted by Crippen LogP contribution is 2.22. The van der Waals surface area contributed by atoms with Crippen molar-refractivity contribution in [3.8, 4) is 5.88 Å². The number of nitrogens with zero attached hydrogens (tertiary/aromatic N) is 5. The Balaban J connectivity index is 1.77. The summed E-state index contributed by atoms with van der Waals surface area (Å²) in [5.41, 5.74) is 3.38. The van der Waals surface area contributed by atoms with Crippen molar-refractivity contribution in [2.75, 3.05) is 20.2 Å². The molecule has 1 aliphatic heterocycles. The van der Waals surface area contributed by atoms with E-state index < -0.39 is 5.60 Å². The smallest absolute Gasteiger partial charge is 0.410 e. The lowest BCUT2D eigenvalue weighted by atomic mass is 10.1. The van der Waals surface area contributed by atoms with E-state index in [1.165, 1.54) is 0 Å². The Kier molecular flexibility index (Phi) is 7.06. The zero-order valence-corrected chi connectivity index (χ0v) is 19.9. The zero-order chi connectivity index (χ0) is 23.5. The molecule has 0 radical (unpaired) electrons. The minimum Gasteiger partial charge on any atom is -0.482 e. The predicted octanol–water partition coefficient (Wildman–Crippen LogP) is 3.56. The van der Waals surface area contributed by atoms with E-state index in [1.54, 1.807) is 18.2 Å². The average Bonchev–Trinajstić information content (AvgIpc) is 2.94. The highest BCUT2D eigenvalue weighted by molar-refractivity contribution is 6.47. The molecular formula is C23H34N6O3. The second-order valence-electron chi connectivity index (χ2n) is 9.12. The van der Waals surface area contributed by atoms with Crippen molar-refractivity contribution in [1.82, 2.24) is 14.3 Å². The number of imidazole rings is 1. The van der Waals surface area contributed by atoms with E-state index in [0.29, 0.717) is 24.7 Å². The fraction of sp³-hybridized carbons (Fsp3) is 0.565. The number of hydrogen-bond acceptors (Lipinski definition) is 7. The third-order valence-electron chi connectivity index (χ3n) is 5.43. The molecule has 9 nitrogen and oxygen atoms in total. The maximum Gasteiger partial charge on any atom is 0.410 e. The summed E-state index contributed by atoms with van der Waals surface area (Å²) < 4.78 is 13.0. The molecule has 0 aromatic carbocycles. The van der Waals surface area contributed by atoms with E-state index in [1.807, 2.05) is 51.2 Å². The number of ether oxygens (including phenoxy) is 2. The van der Waals surface area contributed by atoms with Crippen molar-refractivity contribution in [1.29, 1.82) is 0 Å². The van der Waals surface area contributed by atoms with Crippen molar-refractivity contribution in [3.05, 3.63) is 29.6 Å². The third kappa shape index (κ3) is 5.38. The molecule has 3 heterocycles. The van der Waals surface area contributed by atoms with Gasteiger partial charge in [-0.3, -0.25) is 9.39 Å². The number of amides is 1. The highest BCUT2D eigenvalue weighted by atomic mass is 16.6. The summed E-state index contributed by atoms with van der Waals surface area (Å²) in [6, 6.07) is 3.90. The number of carbonyl (C=O) groups is 1. The quantitative estimate of drug-likeness (QED) is 0.443. The van der Waals surface area contributed by atoms with E-state index in [-0.39, 0.29) is 12.1 Å². The number of carbonyl (C=O) groups excluding carboxylic acids is 1. The summed E-state index contributed by atoms with van der Waals surface area (Å²) in [7, 11) is 1.63. The van der Waals surface area contributed by atoms with Crippen LogP contribution < -0.4 is 10.6 Å². The molecule has 2 aromatic rings. The van der Waals surface area contributed by atoms with Crippen LogP contribution in [0.2, 0.25) is 0 Å². The van der Waals surface area contributed by atoms with E-state index in [4.69, 9.17) is 20.3 Å². The Morgan fingerprint density at radius 1 is 1.25 bits per heavy atom. The summed E-state index contributed by atoms with van der Waals surface area (Å²) >= 11 is 0. The summed E-state index contributed by atoms with van der Waals surface area (Å²) in [4.78, 5) is 23.5. The van der Waals surface area contributed by atoms with E-state index in [2.05, 4.69) is 10.1 Å². The average molecular weight is 443 g/mol. The van der Waals surface area contributed by atoms with E-state index >= 15 is 0 Å². The number of pyridine rings is 1. The topological polar surface area (TPSA) is 107 Å². The van der Waals surface area contributed by atoms with Gasteiger partial charge in [0.1, 0.15) is 17.0 Å². The first kappa shape index (κ1) is 23.6. The number of hydrogen-bond donors (Lipinski definition) is 1. The Hall–Kier alpha value is -3.10. The molecule has 2 aromatic heterocycles. The largest absolute Gasteiger partial charge is 0.482 e. The van der Waals surface area contributed by atoms with Crippen LogP contribution in [0.4, 0.5) is 4.79 Å². The van der Waals surface area contributed by atoms with Gasteiger partial charge in [0.25, 0.3) is 0 Å². The van der Waals surface area contributed by atoms with Crippen LogP contribution in [0.25, 0.3) is 5.65 Å². The summed E-state index contributed by atoms with van der Waals surface area (Å²) in [6.07, 6.45) is 4.04. The summed E-state index contributed by atoms with van der Waals surface area (Å²) in [6.45, 7) is 10.8. The number of rotatable bonds is 4. The lowest BCUT2D eigenvalue weighted by Gasteiger charge is -2.26. The second kappa shape index (κ2) is 9.58. The second-order valence-corrected chi connectivity index (χ2v) is 9.12. The molecule has 1 aliphatic rings. The summed E-state index contributed by atoms with van der Waals surface area (Å²) in [5.74, 6) is 6.43. The Labute approximate surface area is 189 Å². The number of likely N-dealkylation sites (tertiary alicyclic amines) is 1. The van der Waals surface area contributed by atoms with E-state index in [0.717, 1.165) is 41.9 Å². The summed E-state index contributed by atoms with van der Waals surface area (Å²) in [5, 5.41) is 4.03. The van der Waals surface area contributed by atoms with Crippen molar-refractivity contribution in [2.24, 2.45) is 15.9 Å². The molecule has 1 fully saturated rings. The van der Waals surface area contributed by atoms with Gasteiger partial charge in [-0.1, -0.05) is 0 Å². The SMILES string of the molecule is COc1cc(/C(=N/N)C(C)=NC2CCCN(C(=O)OC(C)(C)C)CC2)cc2ncc(C)n12.